The van der Waals surface area contributed by atoms with Crippen LogP contribution in [0.15, 0.2) is 6.33 Å². The van der Waals surface area contributed by atoms with Gasteiger partial charge < -0.3 is 5.32 Å². The summed E-state index contributed by atoms with van der Waals surface area (Å²) < 4.78 is 1.86. The lowest BCUT2D eigenvalue weighted by atomic mass is 9.94. The number of aromatic nitrogens is 3. The van der Waals surface area contributed by atoms with Gasteiger partial charge in [-0.25, -0.2) is 4.98 Å². The number of hydrogen-bond acceptors (Lipinski definition) is 4. The molecule has 0 amide bonds. The van der Waals surface area contributed by atoms with Crippen molar-refractivity contribution in [1.29, 1.82) is 0 Å². The third kappa shape index (κ3) is 2.10. The van der Waals surface area contributed by atoms with E-state index in [0.717, 1.165) is 38.4 Å². The molecule has 2 rings (SSSR count). The third-order valence-electron chi connectivity index (χ3n) is 3.73. The van der Waals surface area contributed by atoms with Crippen LogP contribution in [-0.2, 0) is 13.6 Å². The minimum Gasteiger partial charge on any atom is -0.314 e. The zero-order valence-corrected chi connectivity index (χ0v) is 10.4. The van der Waals surface area contributed by atoms with Gasteiger partial charge in [0.15, 0.2) is 0 Å². The molecule has 1 fully saturated rings. The molecule has 1 unspecified atom stereocenters. The van der Waals surface area contributed by atoms with Gasteiger partial charge >= 0.3 is 0 Å². The van der Waals surface area contributed by atoms with Crippen molar-refractivity contribution in [1.82, 2.24) is 25.0 Å². The van der Waals surface area contributed by atoms with E-state index in [2.05, 4.69) is 34.1 Å². The zero-order valence-electron chi connectivity index (χ0n) is 10.4. The maximum absolute atomic E-state index is 4.30. The molecule has 1 aliphatic rings. The van der Waals surface area contributed by atoms with Crippen LogP contribution in [0.1, 0.15) is 26.1 Å². The smallest absolute Gasteiger partial charge is 0.140 e. The normalized spacial score (nSPS) is 27.2. The standard InChI is InChI=1S/C11H21N5/c1-4-11(2)8-12-5-6-16(11)7-10-13-9-14-15(10)3/h9,12H,4-8H2,1-3H3. The Morgan fingerprint density at radius 1 is 1.56 bits per heavy atom. The average Bonchev–Trinajstić information content (AvgIpc) is 2.68. The van der Waals surface area contributed by atoms with E-state index in [0.29, 0.717) is 0 Å². The van der Waals surface area contributed by atoms with Crippen LogP contribution in [0.3, 0.4) is 0 Å². The second kappa shape index (κ2) is 4.51. The number of aryl methyl sites for hydroxylation is 1. The van der Waals surface area contributed by atoms with Gasteiger partial charge in [0.2, 0.25) is 0 Å². The van der Waals surface area contributed by atoms with E-state index in [1.165, 1.54) is 0 Å². The van der Waals surface area contributed by atoms with Crippen LogP contribution >= 0.6 is 0 Å². The summed E-state index contributed by atoms with van der Waals surface area (Å²) in [6.45, 7) is 8.65. The highest BCUT2D eigenvalue weighted by molar-refractivity contribution is 4.95. The topological polar surface area (TPSA) is 46.0 Å². The predicted octanol–water partition coefficient (Wildman–Crippen LogP) is 0.389. The third-order valence-corrected chi connectivity index (χ3v) is 3.73. The number of rotatable bonds is 3. The van der Waals surface area contributed by atoms with Crippen molar-refractivity contribution < 1.29 is 0 Å². The first-order chi connectivity index (χ1) is 7.65. The van der Waals surface area contributed by atoms with Crippen LogP contribution < -0.4 is 5.32 Å². The zero-order chi connectivity index (χ0) is 11.6. The monoisotopic (exact) mass is 223 g/mol. The molecule has 2 heterocycles. The van der Waals surface area contributed by atoms with Crippen LogP contribution in [0.2, 0.25) is 0 Å². The summed E-state index contributed by atoms with van der Waals surface area (Å²) >= 11 is 0. The van der Waals surface area contributed by atoms with Crippen molar-refractivity contribution in [3.63, 3.8) is 0 Å². The lowest BCUT2D eigenvalue weighted by Gasteiger charge is -2.44. The Kier molecular flexibility index (Phi) is 3.25. The summed E-state index contributed by atoms with van der Waals surface area (Å²) in [5.74, 6) is 1.04. The van der Waals surface area contributed by atoms with Crippen molar-refractivity contribution in [2.24, 2.45) is 7.05 Å². The minimum atomic E-state index is 0.240. The van der Waals surface area contributed by atoms with Gasteiger partial charge in [0.05, 0.1) is 6.54 Å². The Labute approximate surface area is 96.8 Å². The van der Waals surface area contributed by atoms with Gasteiger partial charge in [0.25, 0.3) is 0 Å². The second-order valence-electron chi connectivity index (χ2n) is 4.75. The number of piperazine rings is 1. The van der Waals surface area contributed by atoms with Crippen LogP contribution in [0, 0.1) is 0 Å². The van der Waals surface area contributed by atoms with Crippen molar-refractivity contribution in [2.75, 3.05) is 19.6 Å². The second-order valence-corrected chi connectivity index (χ2v) is 4.75. The first-order valence-electron chi connectivity index (χ1n) is 5.94. The molecule has 5 nitrogen and oxygen atoms in total. The molecule has 90 valence electrons. The van der Waals surface area contributed by atoms with Crippen LogP contribution in [0.5, 0.6) is 0 Å². The van der Waals surface area contributed by atoms with Gasteiger partial charge in [-0.05, 0) is 13.3 Å². The SMILES string of the molecule is CCC1(C)CNCCN1Cc1ncnn1C. The summed E-state index contributed by atoms with van der Waals surface area (Å²) in [6.07, 6.45) is 2.78. The fourth-order valence-corrected chi connectivity index (χ4v) is 2.21. The highest BCUT2D eigenvalue weighted by Gasteiger charge is 2.33. The maximum atomic E-state index is 4.30. The first-order valence-corrected chi connectivity index (χ1v) is 5.94. The molecule has 1 aromatic heterocycles. The van der Waals surface area contributed by atoms with Crippen molar-refractivity contribution >= 4 is 0 Å². The molecule has 0 radical (unpaired) electrons. The molecule has 1 aliphatic heterocycles. The van der Waals surface area contributed by atoms with Crippen LogP contribution in [-0.4, -0.2) is 44.8 Å². The fraction of sp³-hybridized carbons (Fsp3) is 0.818. The molecule has 0 saturated carbocycles. The van der Waals surface area contributed by atoms with Crippen molar-refractivity contribution in [3.05, 3.63) is 12.2 Å². The van der Waals surface area contributed by atoms with Gasteiger partial charge in [0.1, 0.15) is 12.2 Å². The Bertz CT molecular complexity index is 348. The largest absolute Gasteiger partial charge is 0.314 e. The Morgan fingerprint density at radius 2 is 2.38 bits per heavy atom. The predicted molar refractivity (Wildman–Crippen MR) is 63.0 cm³/mol. The molecule has 1 N–H and O–H groups in total. The molecule has 1 saturated heterocycles. The van der Waals surface area contributed by atoms with Crippen LogP contribution in [0.25, 0.3) is 0 Å². The highest BCUT2D eigenvalue weighted by atomic mass is 15.3. The molecular weight excluding hydrogens is 202 g/mol. The lowest BCUT2D eigenvalue weighted by molar-refractivity contribution is 0.0601. The molecule has 0 aliphatic carbocycles. The van der Waals surface area contributed by atoms with E-state index in [-0.39, 0.29) is 5.54 Å². The van der Waals surface area contributed by atoms with E-state index in [9.17, 15) is 0 Å². The number of hydrogen-bond donors (Lipinski definition) is 1. The summed E-state index contributed by atoms with van der Waals surface area (Å²) in [6, 6.07) is 0. The van der Waals surface area contributed by atoms with Gasteiger partial charge in [-0.3, -0.25) is 9.58 Å². The fourth-order valence-electron chi connectivity index (χ4n) is 2.21. The molecule has 1 aromatic rings. The maximum Gasteiger partial charge on any atom is 0.140 e. The molecule has 0 spiro atoms. The van der Waals surface area contributed by atoms with E-state index in [1.807, 2.05) is 11.7 Å². The molecular formula is C11H21N5. The summed E-state index contributed by atoms with van der Waals surface area (Å²) in [5, 5.41) is 7.58. The number of nitrogens with zero attached hydrogens (tertiary/aromatic N) is 4. The minimum absolute atomic E-state index is 0.240. The van der Waals surface area contributed by atoms with Gasteiger partial charge in [-0.15, -0.1) is 0 Å². The Balaban J connectivity index is 2.10. The van der Waals surface area contributed by atoms with Gasteiger partial charge in [-0.2, -0.15) is 5.10 Å². The van der Waals surface area contributed by atoms with E-state index >= 15 is 0 Å². The average molecular weight is 223 g/mol. The highest BCUT2D eigenvalue weighted by Crippen LogP contribution is 2.22. The summed E-state index contributed by atoms with van der Waals surface area (Å²) in [4.78, 5) is 6.81. The number of nitrogens with one attached hydrogen (secondary N) is 1. The van der Waals surface area contributed by atoms with E-state index in [1.54, 1.807) is 6.33 Å². The van der Waals surface area contributed by atoms with E-state index in [4.69, 9.17) is 0 Å². The first kappa shape index (κ1) is 11.5. The molecule has 1 atom stereocenters. The summed E-state index contributed by atoms with van der Waals surface area (Å²) in [7, 11) is 1.95. The Morgan fingerprint density at radius 3 is 3.00 bits per heavy atom. The molecule has 16 heavy (non-hydrogen) atoms. The molecule has 0 aromatic carbocycles. The van der Waals surface area contributed by atoms with Gasteiger partial charge in [-0.1, -0.05) is 6.92 Å². The van der Waals surface area contributed by atoms with Crippen LogP contribution in [0.4, 0.5) is 0 Å². The lowest BCUT2D eigenvalue weighted by Crippen LogP contribution is -2.58. The van der Waals surface area contributed by atoms with E-state index < -0.39 is 0 Å². The molecule has 0 bridgehead atoms. The Hall–Kier alpha value is -0.940. The van der Waals surface area contributed by atoms with Crippen molar-refractivity contribution in [3.8, 4) is 0 Å². The quantitative estimate of drug-likeness (QED) is 0.805. The molecule has 5 heteroatoms. The summed E-state index contributed by atoms with van der Waals surface area (Å²) in [5.41, 5.74) is 0.240. The van der Waals surface area contributed by atoms with Gasteiger partial charge in [0, 0.05) is 32.2 Å². The van der Waals surface area contributed by atoms with Crippen molar-refractivity contribution in [2.45, 2.75) is 32.4 Å².